The Hall–Kier alpha value is -2.00. The first-order chi connectivity index (χ1) is 6.79. The van der Waals surface area contributed by atoms with Gasteiger partial charge in [-0.2, -0.15) is 0 Å². The van der Waals surface area contributed by atoms with Crippen LogP contribution in [0.1, 0.15) is 0 Å². The third-order valence-electron chi connectivity index (χ3n) is 1.56. The van der Waals surface area contributed by atoms with Gasteiger partial charge in [0.1, 0.15) is 5.75 Å². The van der Waals surface area contributed by atoms with Crippen LogP contribution in [-0.2, 0) is 0 Å². The van der Waals surface area contributed by atoms with Crippen molar-refractivity contribution in [3.05, 3.63) is 60.7 Å². The highest BCUT2D eigenvalue weighted by Crippen LogP contribution is 2.02. The predicted molar refractivity (Wildman–Crippen MR) is 64.0 cm³/mol. The van der Waals surface area contributed by atoms with Gasteiger partial charge in [0.15, 0.2) is 0 Å². The minimum atomic E-state index is 0. The fourth-order valence-corrected chi connectivity index (χ4v) is 0.881. The van der Waals surface area contributed by atoms with Crippen LogP contribution in [0, 0.1) is 0 Å². The normalized spacial score (nSPS) is 8.00. The zero-order valence-electron chi connectivity index (χ0n) is 8.51. The molecule has 15 heavy (non-hydrogen) atoms. The third-order valence-corrected chi connectivity index (χ3v) is 1.56. The largest absolute Gasteiger partial charge is 0.508 e. The van der Waals surface area contributed by atoms with Crippen molar-refractivity contribution in [2.75, 3.05) is 5.73 Å². The molecule has 0 unspecified atom stereocenters. The highest BCUT2D eigenvalue weighted by molar-refractivity contribution is 5.35. The van der Waals surface area contributed by atoms with Crippen LogP contribution in [0.3, 0.4) is 0 Å². The lowest BCUT2D eigenvalue weighted by Crippen LogP contribution is -1.79. The van der Waals surface area contributed by atoms with Gasteiger partial charge in [-0.1, -0.05) is 36.4 Å². The zero-order valence-corrected chi connectivity index (χ0v) is 8.51. The van der Waals surface area contributed by atoms with Crippen molar-refractivity contribution in [3.8, 4) is 5.75 Å². The van der Waals surface area contributed by atoms with E-state index in [0.29, 0.717) is 5.75 Å². The van der Waals surface area contributed by atoms with Gasteiger partial charge >= 0.3 is 0 Å². The first kappa shape index (κ1) is 13.0. The van der Waals surface area contributed by atoms with Gasteiger partial charge in [0.05, 0.1) is 0 Å². The third kappa shape index (κ3) is 6.12. The summed E-state index contributed by atoms with van der Waals surface area (Å²) in [4.78, 5) is 0. The molecule has 2 rings (SSSR count). The first-order valence-corrected chi connectivity index (χ1v) is 4.33. The fraction of sp³-hybridized carbons (Fsp3) is 0. The van der Waals surface area contributed by atoms with Gasteiger partial charge in [-0.3, -0.25) is 0 Å². The molecule has 0 radical (unpaired) electrons. The summed E-state index contributed by atoms with van der Waals surface area (Å²) in [6, 6.07) is 18.2. The van der Waals surface area contributed by atoms with E-state index in [4.69, 9.17) is 10.8 Å². The summed E-state index contributed by atoms with van der Waals surface area (Å²) >= 11 is 0. The van der Waals surface area contributed by atoms with Crippen LogP contribution in [0.5, 0.6) is 5.75 Å². The highest BCUT2D eigenvalue weighted by atomic mass is 16.3. The molecule has 0 aromatic heterocycles. The standard InChI is InChI=1S/C6H7N.C6H6O.H3N/c2*7-6-4-2-1-3-5-6;/h1-5H,7H2;1-5,7H;1H3. The minimum absolute atomic E-state index is 0. The molecule has 0 heterocycles. The molecule has 6 N–H and O–H groups in total. The Kier molecular flexibility index (Phi) is 6.42. The number of aromatic hydroxyl groups is 1. The van der Waals surface area contributed by atoms with E-state index in [0.717, 1.165) is 5.69 Å². The van der Waals surface area contributed by atoms with E-state index in [1.54, 1.807) is 24.3 Å². The van der Waals surface area contributed by atoms with Crippen molar-refractivity contribution in [3.63, 3.8) is 0 Å². The average Bonchev–Trinajstić information content (AvgIpc) is 2.21. The fourth-order valence-electron chi connectivity index (χ4n) is 0.881. The summed E-state index contributed by atoms with van der Waals surface area (Å²) in [5.41, 5.74) is 6.18. The summed E-state index contributed by atoms with van der Waals surface area (Å²) in [7, 11) is 0. The molecule has 3 heteroatoms. The topological polar surface area (TPSA) is 81.2 Å². The van der Waals surface area contributed by atoms with Crippen molar-refractivity contribution in [2.24, 2.45) is 0 Å². The van der Waals surface area contributed by atoms with Crippen LogP contribution in [0.4, 0.5) is 5.69 Å². The number of phenolic OH excluding ortho intramolecular Hbond substituents is 1. The van der Waals surface area contributed by atoms with Crippen LogP contribution < -0.4 is 11.9 Å². The van der Waals surface area contributed by atoms with Crippen LogP contribution >= 0.6 is 0 Å². The molecule has 0 fully saturated rings. The SMILES string of the molecule is N.Nc1ccccc1.Oc1ccccc1. The molecular formula is C12H16N2O. The number of anilines is 1. The first-order valence-electron chi connectivity index (χ1n) is 4.33. The van der Waals surface area contributed by atoms with E-state index in [9.17, 15) is 0 Å². The molecule has 0 atom stereocenters. The van der Waals surface area contributed by atoms with Crippen LogP contribution in [0.2, 0.25) is 0 Å². The molecule has 3 nitrogen and oxygen atoms in total. The maximum Gasteiger partial charge on any atom is 0.115 e. The summed E-state index contributed by atoms with van der Waals surface area (Å²) in [6.45, 7) is 0. The van der Waals surface area contributed by atoms with Crippen LogP contribution in [-0.4, -0.2) is 5.11 Å². The second kappa shape index (κ2) is 7.41. The molecule has 2 aromatic rings. The van der Waals surface area contributed by atoms with Gasteiger partial charge in [-0.05, 0) is 24.3 Å². The lowest BCUT2D eigenvalue weighted by atomic mass is 10.3. The van der Waals surface area contributed by atoms with Gasteiger partial charge in [0.2, 0.25) is 0 Å². The number of para-hydroxylation sites is 2. The molecule has 0 bridgehead atoms. The highest BCUT2D eigenvalue weighted by Gasteiger charge is 1.74. The molecule has 80 valence electrons. The van der Waals surface area contributed by atoms with Crippen LogP contribution in [0.25, 0.3) is 0 Å². The quantitative estimate of drug-likeness (QED) is 0.577. The Morgan fingerprint density at radius 1 is 0.733 bits per heavy atom. The number of hydrogen-bond acceptors (Lipinski definition) is 3. The van der Waals surface area contributed by atoms with E-state index in [2.05, 4.69) is 0 Å². The monoisotopic (exact) mass is 204 g/mol. The predicted octanol–water partition coefficient (Wildman–Crippen LogP) is 2.82. The Labute approximate surface area is 89.8 Å². The Morgan fingerprint density at radius 2 is 1.13 bits per heavy atom. The van der Waals surface area contributed by atoms with Gasteiger partial charge in [0.25, 0.3) is 0 Å². The van der Waals surface area contributed by atoms with E-state index < -0.39 is 0 Å². The number of nitrogens with two attached hydrogens (primary N) is 1. The number of hydrogen-bond donors (Lipinski definition) is 3. The summed E-state index contributed by atoms with van der Waals surface area (Å²) in [5.74, 6) is 0.322. The van der Waals surface area contributed by atoms with Gasteiger partial charge < -0.3 is 17.0 Å². The molecule has 0 saturated carbocycles. The van der Waals surface area contributed by atoms with Crippen molar-refractivity contribution in [2.45, 2.75) is 0 Å². The number of benzene rings is 2. The summed E-state index contributed by atoms with van der Waals surface area (Å²) < 4.78 is 0. The second-order valence-electron chi connectivity index (χ2n) is 2.75. The molecule has 0 spiro atoms. The van der Waals surface area contributed by atoms with E-state index in [-0.39, 0.29) is 6.15 Å². The lowest BCUT2D eigenvalue weighted by Gasteiger charge is -1.83. The molecule has 0 saturated heterocycles. The minimum Gasteiger partial charge on any atom is -0.508 e. The molecule has 0 amide bonds. The number of phenols is 1. The van der Waals surface area contributed by atoms with Crippen molar-refractivity contribution in [1.82, 2.24) is 6.15 Å². The van der Waals surface area contributed by atoms with E-state index in [1.807, 2.05) is 36.4 Å². The second-order valence-corrected chi connectivity index (χ2v) is 2.75. The zero-order chi connectivity index (χ0) is 10.2. The van der Waals surface area contributed by atoms with Crippen LogP contribution in [0.15, 0.2) is 60.7 Å². The molecule has 0 aliphatic rings. The Balaban J connectivity index is 0.000000245. The maximum absolute atomic E-state index is 8.63. The van der Waals surface area contributed by atoms with Crippen molar-refractivity contribution in [1.29, 1.82) is 0 Å². The lowest BCUT2D eigenvalue weighted by molar-refractivity contribution is 0.475. The van der Waals surface area contributed by atoms with Gasteiger partial charge in [-0.15, -0.1) is 0 Å². The van der Waals surface area contributed by atoms with Crippen molar-refractivity contribution >= 4 is 5.69 Å². The number of nitrogen functional groups attached to an aromatic ring is 1. The molecule has 0 aliphatic heterocycles. The van der Waals surface area contributed by atoms with E-state index in [1.165, 1.54) is 0 Å². The smallest absolute Gasteiger partial charge is 0.115 e. The average molecular weight is 204 g/mol. The molecular weight excluding hydrogens is 188 g/mol. The maximum atomic E-state index is 8.63. The Morgan fingerprint density at radius 3 is 1.33 bits per heavy atom. The van der Waals surface area contributed by atoms with Gasteiger partial charge in [-0.25, -0.2) is 0 Å². The van der Waals surface area contributed by atoms with Crippen molar-refractivity contribution < 1.29 is 5.11 Å². The molecule has 0 aliphatic carbocycles. The summed E-state index contributed by atoms with van der Waals surface area (Å²) in [5, 5.41) is 8.63. The Bertz CT molecular complexity index is 311. The molecule has 2 aromatic carbocycles. The summed E-state index contributed by atoms with van der Waals surface area (Å²) in [6.07, 6.45) is 0. The van der Waals surface area contributed by atoms with Gasteiger partial charge in [0, 0.05) is 5.69 Å². The van der Waals surface area contributed by atoms with E-state index >= 15 is 0 Å². The number of rotatable bonds is 0.